The van der Waals surface area contributed by atoms with Crippen molar-refractivity contribution in [3.8, 4) is 0 Å². The quantitative estimate of drug-likeness (QED) is 0.684. The van der Waals surface area contributed by atoms with Crippen molar-refractivity contribution in [2.24, 2.45) is 7.05 Å². The molecule has 1 heterocycles. The largest absolute Gasteiger partial charge is 0.310 e. The Morgan fingerprint density at radius 2 is 2.38 bits per heavy atom. The van der Waals surface area contributed by atoms with E-state index in [2.05, 4.69) is 30.1 Å². The highest BCUT2D eigenvalue weighted by molar-refractivity contribution is 5.03. The van der Waals surface area contributed by atoms with Gasteiger partial charge in [0.2, 0.25) is 0 Å². The van der Waals surface area contributed by atoms with Crippen LogP contribution in [0.15, 0.2) is 25.0 Å². The minimum Gasteiger partial charge on any atom is -0.310 e. The van der Waals surface area contributed by atoms with E-state index in [9.17, 15) is 0 Å². The summed E-state index contributed by atoms with van der Waals surface area (Å²) in [6, 6.07) is 0.600. The van der Waals surface area contributed by atoms with E-state index in [0.29, 0.717) is 6.04 Å². The Labute approximate surface area is 98.5 Å². The van der Waals surface area contributed by atoms with Crippen LogP contribution in [-0.2, 0) is 13.6 Å². The molecular weight excluding hydrogens is 198 g/mol. The average Bonchev–Trinajstić information content (AvgIpc) is 2.68. The first kappa shape index (κ1) is 13.0. The van der Waals surface area contributed by atoms with Crippen molar-refractivity contribution < 1.29 is 0 Å². The lowest BCUT2D eigenvalue weighted by atomic mass is 10.1. The highest BCUT2D eigenvalue weighted by atomic mass is 15.2. The second kappa shape index (κ2) is 7.23. The SMILES string of the molecule is C=CCCC(CCC)NCc1cnn(C)c1. The van der Waals surface area contributed by atoms with Crippen LogP contribution in [-0.4, -0.2) is 15.8 Å². The maximum absolute atomic E-state index is 4.16. The van der Waals surface area contributed by atoms with Gasteiger partial charge in [-0.25, -0.2) is 0 Å². The summed E-state index contributed by atoms with van der Waals surface area (Å²) in [5, 5.41) is 7.75. The summed E-state index contributed by atoms with van der Waals surface area (Å²) in [6.45, 7) is 6.91. The average molecular weight is 221 g/mol. The first-order valence-corrected chi connectivity index (χ1v) is 6.08. The lowest BCUT2D eigenvalue weighted by molar-refractivity contribution is 0.450. The summed E-state index contributed by atoms with van der Waals surface area (Å²) >= 11 is 0. The van der Waals surface area contributed by atoms with E-state index in [4.69, 9.17) is 0 Å². The Morgan fingerprint density at radius 3 is 2.94 bits per heavy atom. The molecule has 0 amide bonds. The van der Waals surface area contributed by atoms with E-state index in [1.807, 2.05) is 24.0 Å². The topological polar surface area (TPSA) is 29.9 Å². The van der Waals surface area contributed by atoms with Gasteiger partial charge in [0.05, 0.1) is 6.20 Å². The second-order valence-electron chi connectivity index (χ2n) is 4.25. The molecule has 1 unspecified atom stereocenters. The predicted molar refractivity (Wildman–Crippen MR) is 68.2 cm³/mol. The summed E-state index contributed by atoms with van der Waals surface area (Å²) in [7, 11) is 1.95. The third-order valence-electron chi connectivity index (χ3n) is 2.71. The fraction of sp³-hybridized carbons (Fsp3) is 0.615. The van der Waals surface area contributed by atoms with E-state index in [0.717, 1.165) is 13.0 Å². The summed E-state index contributed by atoms with van der Waals surface area (Å²) in [4.78, 5) is 0. The van der Waals surface area contributed by atoms with Crippen molar-refractivity contribution in [1.29, 1.82) is 0 Å². The zero-order valence-electron chi connectivity index (χ0n) is 10.4. The van der Waals surface area contributed by atoms with Gasteiger partial charge in [-0.3, -0.25) is 4.68 Å². The highest BCUT2D eigenvalue weighted by Crippen LogP contribution is 2.07. The zero-order chi connectivity index (χ0) is 11.8. The number of allylic oxidation sites excluding steroid dienone is 1. The smallest absolute Gasteiger partial charge is 0.0534 e. The number of hydrogen-bond acceptors (Lipinski definition) is 2. The van der Waals surface area contributed by atoms with Gasteiger partial charge >= 0.3 is 0 Å². The molecule has 1 aromatic rings. The first-order chi connectivity index (χ1) is 7.76. The van der Waals surface area contributed by atoms with Crippen LogP contribution in [0.5, 0.6) is 0 Å². The summed E-state index contributed by atoms with van der Waals surface area (Å²) in [5.41, 5.74) is 1.25. The minimum atomic E-state index is 0.600. The maximum atomic E-state index is 4.16. The fourth-order valence-corrected chi connectivity index (χ4v) is 1.84. The molecule has 0 radical (unpaired) electrons. The Balaban J connectivity index is 2.33. The molecular formula is C13H23N3. The number of aryl methyl sites for hydroxylation is 1. The lowest BCUT2D eigenvalue weighted by Gasteiger charge is -2.16. The van der Waals surface area contributed by atoms with Crippen LogP contribution in [0.1, 0.15) is 38.2 Å². The molecule has 16 heavy (non-hydrogen) atoms. The normalized spacial score (nSPS) is 12.6. The van der Waals surface area contributed by atoms with Crippen molar-refractivity contribution in [3.63, 3.8) is 0 Å². The van der Waals surface area contributed by atoms with Gasteiger partial charge in [-0.2, -0.15) is 5.10 Å². The number of aromatic nitrogens is 2. The van der Waals surface area contributed by atoms with E-state index < -0.39 is 0 Å². The van der Waals surface area contributed by atoms with Crippen LogP contribution in [0.25, 0.3) is 0 Å². The van der Waals surface area contributed by atoms with Crippen molar-refractivity contribution in [1.82, 2.24) is 15.1 Å². The van der Waals surface area contributed by atoms with Gasteiger partial charge < -0.3 is 5.32 Å². The highest BCUT2D eigenvalue weighted by Gasteiger charge is 2.06. The standard InChI is InChI=1S/C13H23N3/c1-4-6-8-13(7-5-2)14-9-12-10-15-16(3)11-12/h4,10-11,13-14H,1,5-9H2,2-3H3. The third kappa shape index (κ3) is 4.62. The van der Waals surface area contributed by atoms with Crippen LogP contribution in [0.2, 0.25) is 0 Å². The summed E-state index contributed by atoms with van der Waals surface area (Å²) in [5.74, 6) is 0. The monoisotopic (exact) mass is 221 g/mol. The molecule has 3 nitrogen and oxygen atoms in total. The number of nitrogens with zero attached hydrogens (tertiary/aromatic N) is 2. The molecule has 0 fully saturated rings. The second-order valence-corrected chi connectivity index (χ2v) is 4.25. The van der Waals surface area contributed by atoms with Gasteiger partial charge in [0, 0.05) is 31.4 Å². The minimum absolute atomic E-state index is 0.600. The zero-order valence-corrected chi connectivity index (χ0v) is 10.4. The summed E-state index contributed by atoms with van der Waals surface area (Å²) < 4.78 is 1.84. The van der Waals surface area contributed by atoms with Gasteiger partial charge in [-0.15, -0.1) is 6.58 Å². The molecule has 90 valence electrons. The molecule has 0 aliphatic heterocycles. The Hall–Kier alpha value is -1.09. The molecule has 0 saturated carbocycles. The number of rotatable bonds is 8. The fourth-order valence-electron chi connectivity index (χ4n) is 1.84. The van der Waals surface area contributed by atoms with Crippen LogP contribution in [0.4, 0.5) is 0 Å². The molecule has 1 rings (SSSR count). The van der Waals surface area contributed by atoms with Gasteiger partial charge in [-0.1, -0.05) is 19.4 Å². The molecule has 0 aliphatic rings. The van der Waals surface area contributed by atoms with Gasteiger partial charge in [-0.05, 0) is 19.3 Å². The van der Waals surface area contributed by atoms with Crippen molar-refractivity contribution in [3.05, 3.63) is 30.6 Å². The molecule has 0 bridgehead atoms. The summed E-state index contributed by atoms with van der Waals surface area (Å²) in [6.07, 6.45) is 10.7. The van der Waals surface area contributed by atoms with Crippen LogP contribution < -0.4 is 5.32 Å². The third-order valence-corrected chi connectivity index (χ3v) is 2.71. The lowest BCUT2D eigenvalue weighted by Crippen LogP contribution is -2.28. The van der Waals surface area contributed by atoms with Crippen molar-refractivity contribution in [2.75, 3.05) is 0 Å². The molecule has 0 aromatic carbocycles. The first-order valence-electron chi connectivity index (χ1n) is 6.08. The van der Waals surface area contributed by atoms with E-state index in [1.54, 1.807) is 0 Å². The maximum Gasteiger partial charge on any atom is 0.0534 e. The Kier molecular flexibility index (Phi) is 5.86. The molecule has 1 N–H and O–H groups in total. The van der Waals surface area contributed by atoms with E-state index in [1.165, 1.54) is 24.8 Å². The van der Waals surface area contributed by atoms with Gasteiger partial charge in [0.1, 0.15) is 0 Å². The van der Waals surface area contributed by atoms with Crippen LogP contribution >= 0.6 is 0 Å². The molecule has 1 aromatic heterocycles. The Morgan fingerprint density at radius 1 is 1.56 bits per heavy atom. The van der Waals surface area contributed by atoms with Gasteiger partial charge in [0.25, 0.3) is 0 Å². The molecule has 0 aliphatic carbocycles. The van der Waals surface area contributed by atoms with Crippen molar-refractivity contribution in [2.45, 2.75) is 45.2 Å². The predicted octanol–water partition coefficient (Wildman–Crippen LogP) is 2.64. The van der Waals surface area contributed by atoms with Crippen LogP contribution in [0.3, 0.4) is 0 Å². The number of hydrogen-bond donors (Lipinski definition) is 1. The molecule has 3 heteroatoms. The molecule has 0 saturated heterocycles. The van der Waals surface area contributed by atoms with Crippen LogP contribution in [0, 0.1) is 0 Å². The van der Waals surface area contributed by atoms with Gasteiger partial charge in [0.15, 0.2) is 0 Å². The van der Waals surface area contributed by atoms with E-state index >= 15 is 0 Å². The molecule has 0 spiro atoms. The molecule has 1 atom stereocenters. The Bertz CT molecular complexity index is 304. The van der Waals surface area contributed by atoms with E-state index in [-0.39, 0.29) is 0 Å². The number of nitrogens with one attached hydrogen (secondary N) is 1. The van der Waals surface area contributed by atoms with Crippen molar-refractivity contribution >= 4 is 0 Å².